The molecule has 0 saturated heterocycles. The Morgan fingerprint density at radius 1 is 1.23 bits per heavy atom. The van der Waals surface area contributed by atoms with Crippen molar-refractivity contribution in [2.24, 2.45) is 5.73 Å². The van der Waals surface area contributed by atoms with Crippen molar-refractivity contribution in [3.63, 3.8) is 0 Å². The molecule has 10 nitrogen and oxygen atoms in total. The second-order valence-electron chi connectivity index (χ2n) is 7.41. The summed E-state index contributed by atoms with van der Waals surface area (Å²) in [6.07, 6.45) is 1.54. The molecule has 31 heavy (non-hydrogen) atoms. The van der Waals surface area contributed by atoms with Crippen molar-refractivity contribution in [3.8, 4) is 5.75 Å². The summed E-state index contributed by atoms with van der Waals surface area (Å²) < 4.78 is 5.70. The van der Waals surface area contributed by atoms with Crippen LogP contribution in [0.4, 0.5) is 0 Å². The Labute approximate surface area is 181 Å². The lowest BCUT2D eigenvalue weighted by Gasteiger charge is -2.25. The predicted molar refractivity (Wildman–Crippen MR) is 113 cm³/mol. The van der Waals surface area contributed by atoms with Crippen molar-refractivity contribution in [2.75, 3.05) is 26.7 Å². The molecule has 170 valence electrons. The van der Waals surface area contributed by atoms with Crippen molar-refractivity contribution in [1.82, 2.24) is 15.5 Å². The molecule has 2 rings (SSSR count). The van der Waals surface area contributed by atoms with Crippen LogP contribution in [-0.2, 0) is 14.4 Å². The van der Waals surface area contributed by atoms with Crippen LogP contribution in [0.3, 0.4) is 0 Å². The van der Waals surface area contributed by atoms with E-state index in [2.05, 4.69) is 10.6 Å². The Balaban J connectivity index is 2.26. The summed E-state index contributed by atoms with van der Waals surface area (Å²) >= 11 is 0. The molecule has 10 heteroatoms. The lowest BCUT2D eigenvalue weighted by molar-refractivity contribution is -0.140. The fourth-order valence-electron chi connectivity index (χ4n) is 3.23. The van der Waals surface area contributed by atoms with Gasteiger partial charge in [0, 0.05) is 13.5 Å². The fourth-order valence-corrected chi connectivity index (χ4v) is 3.23. The maximum absolute atomic E-state index is 12.9. The van der Waals surface area contributed by atoms with Gasteiger partial charge in [0.05, 0.1) is 12.1 Å². The third-order valence-corrected chi connectivity index (χ3v) is 5.04. The fraction of sp³-hybridized carbons (Fsp3) is 0.524. The normalized spacial score (nSPS) is 21.1. The van der Waals surface area contributed by atoms with Crippen LogP contribution in [0.5, 0.6) is 5.75 Å². The number of nitrogens with zero attached hydrogens (tertiary/aromatic N) is 1. The second-order valence-corrected chi connectivity index (χ2v) is 7.41. The van der Waals surface area contributed by atoms with Crippen LogP contribution < -0.4 is 21.1 Å². The van der Waals surface area contributed by atoms with Crippen LogP contribution in [-0.4, -0.2) is 72.5 Å². The minimum absolute atomic E-state index is 0.116. The molecular weight excluding hydrogens is 404 g/mol. The van der Waals surface area contributed by atoms with Crippen molar-refractivity contribution >= 4 is 23.7 Å². The van der Waals surface area contributed by atoms with E-state index in [0.29, 0.717) is 19.4 Å². The topological polar surface area (TPSA) is 151 Å². The molecule has 5 N–H and O–H groups in total. The molecule has 0 bridgehead atoms. The van der Waals surface area contributed by atoms with Gasteiger partial charge in [-0.15, -0.1) is 0 Å². The number of carbonyl (C=O) groups excluding carboxylic acids is 3. The largest absolute Gasteiger partial charge is 0.491 e. The van der Waals surface area contributed by atoms with Gasteiger partial charge in [-0.2, -0.15) is 0 Å². The summed E-state index contributed by atoms with van der Waals surface area (Å²) in [5.74, 6) is -2.29. The van der Waals surface area contributed by atoms with E-state index in [1.807, 2.05) is 0 Å². The van der Waals surface area contributed by atoms with Crippen molar-refractivity contribution in [2.45, 2.75) is 44.2 Å². The molecule has 0 fully saturated rings. The number of ether oxygens (including phenoxy) is 1. The molecule has 0 aromatic heterocycles. The van der Waals surface area contributed by atoms with Crippen LogP contribution in [0.25, 0.3) is 0 Å². The molecule has 1 aliphatic heterocycles. The first-order valence-electron chi connectivity index (χ1n) is 10.3. The minimum Gasteiger partial charge on any atom is -0.491 e. The molecule has 3 amide bonds. The monoisotopic (exact) mass is 434 g/mol. The highest BCUT2D eigenvalue weighted by molar-refractivity contribution is 5.99. The van der Waals surface area contributed by atoms with E-state index < -0.39 is 29.9 Å². The molecule has 0 saturated carbocycles. The number of hydrogen-bond acceptors (Lipinski definition) is 6. The highest BCUT2D eigenvalue weighted by atomic mass is 16.5. The zero-order valence-corrected chi connectivity index (χ0v) is 17.6. The van der Waals surface area contributed by atoms with Crippen LogP contribution in [0, 0.1) is 0 Å². The Morgan fingerprint density at radius 3 is 2.68 bits per heavy atom. The van der Waals surface area contributed by atoms with Gasteiger partial charge in [0.2, 0.25) is 11.8 Å². The van der Waals surface area contributed by atoms with E-state index in [4.69, 9.17) is 10.5 Å². The van der Waals surface area contributed by atoms with Gasteiger partial charge in [0.15, 0.2) is 0 Å². The first-order valence-corrected chi connectivity index (χ1v) is 10.3. The van der Waals surface area contributed by atoms with E-state index in [1.165, 1.54) is 11.0 Å². The van der Waals surface area contributed by atoms with Crippen LogP contribution >= 0.6 is 0 Å². The number of amides is 3. The third-order valence-electron chi connectivity index (χ3n) is 5.04. The molecular formula is C21H30N4O6. The van der Waals surface area contributed by atoms with Gasteiger partial charge in [-0.3, -0.25) is 14.4 Å². The number of fused-ring (bicyclic) bond motifs is 1. The number of para-hydroxylation sites is 1. The summed E-state index contributed by atoms with van der Waals surface area (Å²) in [7, 11) is 1.62. The quantitative estimate of drug-likeness (QED) is 0.480. The molecule has 0 unspecified atom stereocenters. The number of rotatable bonds is 5. The Hall–Kier alpha value is -3.14. The van der Waals surface area contributed by atoms with Crippen molar-refractivity contribution in [1.29, 1.82) is 0 Å². The lowest BCUT2D eigenvalue weighted by atomic mass is 10.1. The highest BCUT2D eigenvalue weighted by Gasteiger charge is 2.27. The molecule has 0 radical (unpaired) electrons. The van der Waals surface area contributed by atoms with Crippen molar-refractivity contribution < 1.29 is 29.0 Å². The molecule has 1 heterocycles. The van der Waals surface area contributed by atoms with E-state index in [-0.39, 0.29) is 43.2 Å². The van der Waals surface area contributed by atoms with Crippen LogP contribution in [0.1, 0.15) is 42.5 Å². The molecule has 0 aliphatic carbocycles. The minimum atomic E-state index is -1.26. The maximum atomic E-state index is 12.9. The molecule has 1 aromatic rings. The van der Waals surface area contributed by atoms with E-state index in [1.54, 1.807) is 25.2 Å². The number of nitrogens with two attached hydrogens (primary N) is 1. The standard InChI is InChI=1S/C21H30N4O6/c1-25-12-13-31-17-8-3-2-6-14(17)19(27)24-16(21(29)30)9-10-18(26)23-15(20(25)28)7-4-5-11-22/h2-3,6,8,15-16H,4-5,7,9-13,22H2,1H3,(H,23,26)(H,24,27)(H,29,30)/t15-,16-/m0/s1. The Morgan fingerprint density at radius 2 is 1.97 bits per heavy atom. The molecule has 0 spiro atoms. The number of hydrogen-bond donors (Lipinski definition) is 4. The van der Waals surface area contributed by atoms with E-state index in [0.717, 1.165) is 6.42 Å². The number of carboxylic acid groups (broad SMARTS) is 1. The van der Waals surface area contributed by atoms with E-state index >= 15 is 0 Å². The van der Waals surface area contributed by atoms with Gasteiger partial charge in [-0.25, -0.2) is 4.79 Å². The molecule has 1 aliphatic rings. The number of carboxylic acids is 1. The summed E-state index contributed by atoms with van der Waals surface area (Å²) in [6.45, 7) is 0.853. The summed E-state index contributed by atoms with van der Waals surface area (Å²) in [5, 5.41) is 14.6. The Bertz CT molecular complexity index is 800. The van der Waals surface area contributed by atoms with Crippen molar-refractivity contribution in [3.05, 3.63) is 29.8 Å². The summed E-state index contributed by atoms with van der Waals surface area (Å²) in [6, 6.07) is 4.47. The maximum Gasteiger partial charge on any atom is 0.326 e. The highest BCUT2D eigenvalue weighted by Crippen LogP contribution is 2.18. The first-order chi connectivity index (χ1) is 14.8. The van der Waals surface area contributed by atoms with Gasteiger partial charge in [-0.05, 0) is 44.4 Å². The zero-order valence-electron chi connectivity index (χ0n) is 17.6. The number of unbranched alkanes of at least 4 members (excludes halogenated alkanes) is 1. The number of aliphatic carboxylic acids is 1. The zero-order chi connectivity index (χ0) is 22.8. The van der Waals surface area contributed by atoms with Gasteiger partial charge >= 0.3 is 5.97 Å². The predicted octanol–water partition coefficient (Wildman–Crippen LogP) is 0.114. The lowest BCUT2D eigenvalue weighted by Crippen LogP contribution is -2.48. The number of nitrogens with one attached hydrogen (secondary N) is 2. The van der Waals surface area contributed by atoms with Crippen LogP contribution in [0.2, 0.25) is 0 Å². The molecule has 2 atom stereocenters. The number of benzene rings is 1. The number of carbonyl (C=O) groups is 4. The average Bonchev–Trinajstić information content (AvgIpc) is 2.75. The van der Waals surface area contributed by atoms with Gasteiger partial charge in [-0.1, -0.05) is 12.1 Å². The Kier molecular flexibility index (Phi) is 9.26. The smallest absolute Gasteiger partial charge is 0.326 e. The SMILES string of the molecule is CN1CCOc2ccccc2C(=O)N[C@H](C(=O)O)CCC(=O)N[C@@H](CCCCN)C1=O. The van der Waals surface area contributed by atoms with E-state index in [9.17, 15) is 24.3 Å². The summed E-state index contributed by atoms with van der Waals surface area (Å²) in [4.78, 5) is 51.0. The number of likely N-dealkylation sites (N-methyl/N-ethyl adjacent to an activating group) is 1. The van der Waals surface area contributed by atoms with Gasteiger partial charge in [0.25, 0.3) is 5.91 Å². The third kappa shape index (κ3) is 7.25. The van der Waals surface area contributed by atoms with Crippen LogP contribution in [0.15, 0.2) is 24.3 Å². The molecule has 1 aromatic carbocycles. The first kappa shape index (κ1) is 24.1. The van der Waals surface area contributed by atoms with Gasteiger partial charge < -0.3 is 31.1 Å². The summed E-state index contributed by atoms with van der Waals surface area (Å²) in [5.41, 5.74) is 5.71. The average molecular weight is 434 g/mol. The second kappa shape index (κ2) is 11.9. The van der Waals surface area contributed by atoms with Gasteiger partial charge in [0.1, 0.15) is 24.4 Å².